The summed E-state index contributed by atoms with van der Waals surface area (Å²) in [5, 5.41) is 18.5. The summed E-state index contributed by atoms with van der Waals surface area (Å²) >= 11 is 0. The van der Waals surface area contributed by atoms with Crippen LogP contribution in [0.2, 0.25) is 0 Å². The Balaban J connectivity index is 2.63. The van der Waals surface area contributed by atoms with Crippen molar-refractivity contribution in [2.75, 3.05) is 0 Å². The van der Waals surface area contributed by atoms with Gasteiger partial charge in [0, 0.05) is 5.92 Å². The van der Waals surface area contributed by atoms with Crippen molar-refractivity contribution in [3.63, 3.8) is 0 Å². The molecule has 2 aromatic carbocycles. The van der Waals surface area contributed by atoms with Crippen LogP contribution in [0.4, 0.5) is 0 Å². The fourth-order valence-electron chi connectivity index (χ4n) is 2.25. The van der Waals surface area contributed by atoms with Gasteiger partial charge in [-0.05, 0) is 23.3 Å². The minimum absolute atomic E-state index is 0.227. The van der Waals surface area contributed by atoms with Crippen LogP contribution in [-0.2, 0) is 0 Å². The molecule has 0 saturated carbocycles. The number of rotatable bonds is 4. The second-order valence-electron chi connectivity index (χ2n) is 4.30. The minimum Gasteiger partial charge on any atom is -0.478 e. The topological polar surface area (TPSA) is 61.1 Å². The van der Waals surface area contributed by atoms with Crippen molar-refractivity contribution in [2.45, 2.75) is 5.92 Å². The van der Waals surface area contributed by atoms with Crippen LogP contribution in [0.15, 0.2) is 61.2 Å². The molecule has 0 aliphatic carbocycles. The smallest absolute Gasteiger partial charge is 0.335 e. The molecule has 2 rings (SSSR count). The molecule has 0 aliphatic heterocycles. The molecule has 0 bridgehead atoms. The maximum Gasteiger partial charge on any atom is 0.335 e. The number of nitrogens with zero attached hydrogens (tertiary/aromatic N) is 1. The van der Waals surface area contributed by atoms with Crippen LogP contribution < -0.4 is 0 Å². The van der Waals surface area contributed by atoms with Gasteiger partial charge in [-0.3, -0.25) is 0 Å². The fourth-order valence-corrected chi connectivity index (χ4v) is 2.25. The van der Waals surface area contributed by atoms with Crippen molar-refractivity contribution in [3.05, 3.63) is 83.4 Å². The number of carbonyl (C=O) groups is 1. The third kappa shape index (κ3) is 2.45. The molecule has 0 radical (unpaired) electrons. The number of carboxylic acids is 1. The highest BCUT2D eigenvalue weighted by molar-refractivity contribution is 5.90. The van der Waals surface area contributed by atoms with Gasteiger partial charge in [0.2, 0.25) is 0 Å². The molecule has 3 heteroatoms. The minimum atomic E-state index is -0.984. The number of carboxylic acid groups (broad SMARTS) is 1. The molecule has 2 aromatic rings. The van der Waals surface area contributed by atoms with E-state index in [0.717, 1.165) is 5.56 Å². The normalized spacial score (nSPS) is 11.3. The molecule has 98 valence electrons. The summed E-state index contributed by atoms with van der Waals surface area (Å²) in [5.41, 5.74) is 2.15. The van der Waals surface area contributed by atoms with E-state index in [0.29, 0.717) is 11.1 Å². The Labute approximate surface area is 117 Å². The maximum atomic E-state index is 11.3. The number of allylic oxidation sites excluding steroid dienone is 1. The van der Waals surface area contributed by atoms with Gasteiger partial charge < -0.3 is 5.11 Å². The Kier molecular flexibility index (Phi) is 3.97. The lowest BCUT2D eigenvalue weighted by atomic mass is 9.86. The van der Waals surface area contributed by atoms with Crippen LogP contribution in [0.5, 0.6) is 0 Å². The summed E-state index contributed by atoms with van der Waals surface area (Å²) < 4.78 is 0. The molecule has 20 heavy (non-hydrogen) atoms. The summed E-state index contributed by atoms with van der Waals surface area (Å²) in [6, 6.07) is 16.1. The summed E-state index contributed by atoms with van der Waals surface area (Å²) in [4.78, 5) is 11.3. The van der Waals surface area contributed by atoms with E-state index in [1.807, 2.05) is 12.1 Å². The zero-order chi connectivity index (χ0) is 14.5. The SMILES string of the molecule is C=CC(c1ccccc1C#N)c1ccccc1C(=O)O. The molecule has 0 saturated heterocycles. The highest BCUT2D eigenvalue weighted by Gasteiger charge is 2.19. The highest BCUT2D eigenvalue weighted by Crippen LogP contribution is 2.30. The molecule has 0 aliphatic rings. The third-order valence-electron chi connectivity index (χ3n) is 3.18. The van der Waals surface area contributed by atoms with Gasteiger partial charge in [-0.2, -0.15) is 5.26 Å². The van der Waals surface area contributed by atoms with E-state index in [2.05, 4.69) is 12.6 Å². The lowest BCUT2D eigenvalue weighted by molar-refractivity contribution is 0.0695. The lowest BCUT2D eigenvalue weighted by Crippen LogP contribution is -2.08. The van der Waals surface area contributed by atoms with Gasteiger partial charge in [0.1, 0.15) is 0 Å². The molecule has 0 heterocycles. The zero-order valence-corrected chi connectivity index (χ0v) is 10.8. The molecule has 0 fully saturated rings. The van der Waals surface area contributed by atoms with E-state index in [1.54, 1.807) is 42.5 Å². The van der Waals surface area contributed by atoms with Crippen LogP contribution in [0.25, 0.3) is 0 Å². The van der Waals surface area contributed by atoms with Gasteiger partial charge in [0.05, 0.1) is 17.2 Å². The second-order valence-corrected chi connectivity index (χ2v) is 4.30. The first-order valence-electron chi connectivity index (χ1n) is 6.12. The molecular weight excluding hydrogens is 250 g/mol. The van der Waals surface area contributed by atoms with Gasteiger partial charge in [-0.1, -0.05) is 42.5 Å². The van der Waals surface area contributed by atoms with Crippen molar-refractivity contribution < 1.29 is 9.90 Å². The van der Waals surface area contributed by atoms with Gasteiger partial charge in [-0.15, -0.1) is 6.58 Å². The summed E-state index contributed by atoms with van der Waals surface area (Å²) in [6.07, 6.45) is 1.66. The lowest BCUT2D eigenvalue weighted by Gasteiger charge is -2.17. The van der Waals surface area contributed by atoms with E-state index in [1.165, 1.54) is 0 Å². The summed E-state index contributed by atoms with van der Waals surface area (Å²) in [5.74, 6) is -1.31. The zero-order valence-electron chi connectivity index (χ0n) is 10.8. The van der Waals surface area contributed by atoms with Crippen molar-refractivity contribution >= 4 is 5.97 Å². The summed E-state index contributed by atoms with van der Waals surface area (Å²) in [6.45, 7) is 3.79. The van der Waals surface area contributed by atoms with Gasteiger partial charge in [-0.25, -0.2) is 4.79 Å². The van der Waals surface area contributed by atoms with E-state index in [9.17, 15) is 15.2 Å². The predicted octanol–water partition coefficient (Wildman–Crippen LogP) is 3.57. The average Bonchev–Trinajstić information content (AvgIpc) is 2.49. The molecular formula is C17H13NO2. The van der Waals surface area contributed by atoms with Crippen molar-refractivity contribution in [1.29, 1.82) is 5.26 Å². The Hall–Kier alpha value is -2.86. The van der Waals surface area contributed by atoms with Crippen molar-refractivity contribution in [3.8, 4) is 6.07 Å². The van der Waals surface area contributed by atoms with Crippen LogP contribution in [-0.4, -0.2) is 11.1 Å². The number of benzene rings is 2. The van der Waals surface area contributed by atoms with Crippen LogP contribution in [0.3, 0.4) is 0 Å². The van der Waals surface area contributed by atoms with Crippen LogP contribution in [0.1, 0.15) is 33.0 Å². The van der Waals surface area contributed by atoms with E-state index in [4.69, 9.17) is 0 Å². The van der Waals surface area contributed by atoms with Gasteiger partial charge in [0.15, 0.2) is 0 Å². The van der Waals surface area contributed by atoms with Gasteiger partial charge in [0.25, 0.3) is 0 Å². The van der Waals surface area contributed by atoms with Crippen LogP contribution in [0, 0.1) is 11.3 Å². The fraction of sp³-hybridized carbons (Fsp3) is 0.0588. The highest BCUT2D eigenvalue weighted by atomic mass is 16.4. The largest absolute Gasteiger partial charge is 0.478 e. The quantitative estimate of drug-likeness (QED) is 0.858. The first kappa shape index (κ1) is 13.6. The molecule has 1 unspecified atom stereocenters. The van der Waals surface area contributed by atoms with E-state index >= 15 is 0 Å². The van der Waals surface area contributed by atoms with Gasteiger partial charge >= 0.3 is 5.97 Å². The Bertz CT molecular complexity index is 698. The summed E-state index contributed by atoms with van der Waals surface area (Å²) in [7, 11) is 0. The Morgan fingerprint density at radius 2 is 1.75 bits per heavy atom. The van der Waals surface area contributed by atoms with Crippen molar-refractivity contribution in [1.82, 2.24) is 0 Å². The maximum absolute atomic E-state index is 11.3. The monoisotopic (exact) mass is 263 g/mol. The molecule has 1 N–H and O–H groups in total. The Morgan fingerprint density at radius 1 is 1.15 bits per heavy atom. The first-order chi connectivity index (χ1) is 9.69. The number of hydrogen-bond donors (Lipinski definition) is 1. The number of nitriles is 1. The standard InChI is InChI=1S/C17H13NO2/c1-2-13(14-8-4-3-7-12(14)11-18)15-9-5-6-10-16(15)17(19)20/h2-10,13H,1H2,(H,19,20). The van der Waals surface area contributed by atoms with E-state index in [-0.39, 0.29) is 11.5 Å². The second kappa shape index (κ2) is 5.85. The molecule has 3 nitrogen and oxygen atoms in total. The first-order valence-corrected chi connectivity index (χ1v) is 6.12. The van der Waals surface area contributed by atoms with Crippen molar-refractivity contribution in [2.24, 2.45) is 0 Å². The molecule has 0 spiro atoms. The number of hydrogen-bond acceptors (Lipinski definition) is 2. The Morgan fingerprint density at radius 3 is 2.35 bits per heavy atom. The average molecular weight is 263 g/mol. The van der Waals surface area contributed by atoms with Crippen LogP contribution >= 0.6 is 0 Å². The van der Waals surface area contributed by atoms with E-state index < -0.39 is 5.97 Å². The molecule has 0 aromatic heterocycles. The predicted molar refractivity (Wildman–Crippen MR) is 76.6 cm³/mol. The third-order valence-corrected chi connectivity index (χ3v) is 3.18. The molecule has 1 atom stereocenters. The number of aromatic carboxylic acids is 1. The molecule has 0 amide bonds.